The molecule has 150 valence electrons. The van der Waals surface area contributed by atoms with Crippen molar-refractivity contribution in [3.63, 3.8) is 0 Å². The zero-order chi connectivity index (χ0) is 20.5. The van der Waals surface area contributed by atoms with Crippen LogP contribution in [-0.4, -0.2) is 22.3 Å². The van der Waals surface area contributed by atoms with Crippen molar-refractivity contribution in [1.82, 2.24) is 9.78 Å². The third kappa shape index (κ3) is 4.10. The summed E-state index contributed by atoms with van der Waals surface area (Å²) in [4.78, 5) is 12.6. The van der Waals surface area contributed by atoms with Gasteiger partial charge in [0.15, 0.2) is 6.61 Å². The molecule has 0 atom stereocenters. The number of ether oxygens (including phenoxy) is 1. The average molecular weight is 448 g/mol. The predicted molar refractivity (Wildman–Crippen MR) is 119 cm³/mol. The van der Waals surface area contributed by atoms with E-state index in [1.165, 1.54) is 5.56 Å². The molecule has 0 radical (unpaired) electrons. The normalized spacial score (nSPS) is 12.7. The lowest BCUT2D eigenvalue weighted by Gasteiger charge is -2.14. The Hall–Kier alpha value is -2.15. The maximum Gasteiger partial charge on any atom is 0.263 e. The maximum absolute atomic E-state index is 12.6. The van der Waals surface area contributed by atoms with Gasteiger partial charge in [-0.05, 0) is 49.2 Å². The number of benzene rings is 2. The van der Waals surface area contributed by atoms with Crippen LogP contribution in [0.25, 0.3) is 5.69 Å². The van der Waals surface area contributed by atoms with Gasteiger partial charge in [-0.1, -0.05) is 35.3 Å². The highest BCUT2D eigenvalue weighted by Crippen LogP contribution is 2.37. The summed E-state index contributed by atoms with van der Waals surface area (Å²) in [6.07, 6.45) is 0. The van der Waals surface area contributed by atoms with Gasteiger partial charge in [-0.25, -0.2) is 4.68 Å². The lowest BCUT2D eigenvalue weighted by Crippen LogP contribution is -2.22. The molecular weight excluding hydrogens is 429 g/mol. The van der Waals surface area contributed by atoms with Crippen LogP contribution in [0, 0.1) is 13.8 Å². The summed E-state index contributed by atoms with van der Waals surface area (Å²) in [5.41, 5.74) is 5.33. The molecule has 0 spiro atoms. The van der Waals surface area contributed by atoms with E-state index in [-0.39, 0.29) is 12.5 Å². The van der Waals surface area contributed by atoms with Crippen molar-refractivity contribution in [2.24, 2.45) is 0 Å². The van der Waals surface area contributed by atoms with Crippen LogP contribution in [0.1, 0.15) is 22.4 Å². The Kier molecular flexibility index (Phi) is 5.76. The molecule has 2 aromatic carbocycles. The van der Waals surface area contributed by atoms with Gasteiger partial charge in [0.05, 0.1) is 16.4 Å². The van der Waals surface area contributed by atoms with Crippen LogP contribution in [-0.2, 0) is 16.3 Å². The molecule has 8 heteroatoms. The second-order valence-electron chi connectivity index (χ2n) is 6.81. The van der Waals surface area contributed by atoms with E-state index in [1.54, 1.807) is 30.0 Å². The highest BCUT2D eigenvalue weighted by atomic mass is 35.5. The molecule has 5 nitrogen and oxygen atoms in total. The van der Waals surface area contributed by atoms with Crippen LogP contribution < -0.4 is 10.1 Å². The van der Waals surface area contributed by atoms with Crippen molar-refractivity contribution in [2.75, 3.05) is 11.9 Å². The average Bonchev–Trinajstić information content (AvgIpc) is 3.26. The third-order valence-corrected chi connectivity index (χ3v) is 6.37. The molecule has 0 unspecified atom stereocenters. The van der Waals surface area contributed by atoms with Crippen molar-refractivity contribution in [1.29, 1.82) is 0 Å². The van der Waals surface area contributed by atoms with Crippen molar-refractivity contribution in [3.8, 4) is 11.4 Å². The maximum atomic E-state index is 12.6. The minimum Gasteiger partial charge on any atom is -0.482 e. The third-order valence-electron chi connectivity index (χ3n) is 4.87. The van der Waals surface area contributed by atoms with E-state index in [0.29, 0.717) is 21.6 Å². The fraction of sp³-hybridized carbons (Fsp3) is 0.238. The summed E-state index contributed by atoms with van der Waals surface area (Å²) in [7, 11) is 0. The zero-order valence-corrected chi connectivity index (χ0v) is 18.3. The number of nitrogens with zero attached hydrogens (tertiary/aromatic N) is 2. The first kappa shape index (κ1) is 20.1. The first-order valence-electron chi connectivity index (χ1n) is 9.07. The van der Waals surface area contributed by atoms with Gasteiger partial charge in [0.2, 0.25) is 0 Å². The Labute approximate surface area is 183 Å². The summed E-state index contributed by atoms with van der Waals surface area (Å²) >= 11 is 13.8. The smallest absolute Gasteiger partial charge is 0.263 e. The minimum atomic E-state index is -0.276. The summed E-state index contributed by atoms with van der Waals surface area (Å²) in [6, 6.07) is 11.0. The summed E-state index contributed by atoms with van der Waals surface area (Å²) < 4.78 is 7.41. The molecule has 3 aromatic rings. The quantitative estimate of drug-likeness (QED) is 0.555. The lowest BCUT2D eigenvalue weighted by molar-refractivity contribution is -0.118. The molecular formula is C21H19Cl2N3O2S. The second kappa shape index (κ2) is 8.30. The van der Waals surface area contributed by atoms with Crippen LogP contribution in [0.2, 0.25) is 10.0 Å². The van der Waals surface area contributed by atoms with E-state index in [4.69, 9.17) is 33.0 Å². The monoisotopic (exact) mass is 447 g/mol. The summed E-state index contributed by atoms with van der Waals surface area (Å²) in [5.74, 6) is 2.50. The fourth-order valence-corrected chi connectivity index (χ4v) is 4.68. The highest BCUT2D eigenvalue weighted by molar-refractivity contribution is 7.98. The Morgan fingerprint density at radius 1 is 1.24 bits per heavy atom. The number of carbonyl (C=O) groups is 1. The highest BCUT2D eigenvalue weighted by Gasteiger charge is 2.25. The van der Waals surface area contributed by atoms with E-state index in [9.17, 15) is 4.79 Å². The largest absolute Gasteiger partial charge is 0.482 e. The number of aryl methyl sites for hydroxylation is 1. The van der Waals surface area contributed by atoms with Gasteiger partial charge >= 0.3 is 0 Å². The van der Waals surface area contributed by atoms with Crippen molar-refractivity contribution in [3.05, 3.63) is 68.8 Å². The number of thioether (sulfide) groups is 1. The zero-order valence-electron chi connectivity index (χ0n) is 16.0. The van der Waals surface area contributed by atoms with E-state index >= 15 is 0 Å². The summed E-state index contributed by atoms with van der Waals surface area (Å²) in [6.45, 7) is 3.96. The molecule has 1 N–H and O–H groups in total. The van der Waals surface area contributed by atoms with Crippen LogP contribution in [0.15, 0.2) is 36.4 Å². The number of carbonyl (C=O) groups excluding carboxylic acids is 1. The molecule has 4 rings (SSSR count). The standard InChI is InChI=1S/C21H19Cl2N3O2S/c1-12-4-3-5-18(13(12)2)26-21(15-10-29-11-17(15)25-26)24-20(27)9-28-19-7-6-14(22)8-16(19)23/h3-8H,9-11H2,1-2H3,(H,24,27). The van der Waals surface area contributed by atoms with Crippen LogP contribution in [0.4, 0.5) is 5.82 Å². The lowest BCUT2D eigenvalue weighted by atomic mass is 10.1. The number of aromatic nitrogens is 2. The molecule has 0 fully saturated rings. The van der Waals surface area contributed by atoms with Crippen molar-refractivity contribution >= 4 is 46.7 Å². The van der Waals surface area contributed by atoms with Crippen molar-refractivity contribution in [2.45, 2.75) is 25.4 Å². The number of nitrogens with one attached hydrogen (secondary N) is 1. The Balaban J connectivity index is 1.58. The van der Waals surface area contributed by atoms with Gasteiger partial charge in [0, 0.05) is 22.1 Å². The molecule has 1 amide bonds. The van der Waals surface area contributed by atoms with E-state index in [0.717, 1.165) is 34.0 Å². The van der Waals surface area contributed by atoms with Crippen LogP contribution in [0.3, 0.4) is 0 Å². The van der Waals surface area contributed by atoms with E-state index in [2.05, 4.69) is 25.2 Å². The van der Waals surface area contributed by atoms with Gasteiger partial charge in [-0.2, -0.15) is 16.9 Å². The van der Waals surface area contributed by atoms with Gasteiger partial charge in [0.1, 0.15) is 11.6 Å². The number of hydrogen-bond donors (Lipinski definition) is 1. The van der Waals surface area contributed by atoms with E-state index < -0.39 is 0 Å². The number of amides is 1. The molecule has 0 aliphatic carbocycles. The molecule has 0 saturated carbocycles. The van der Waals surface area contributed by atoms with Gasteiger partial charge in [-0.15, -0.1) is 0 Å². The van der Waals surface area contributed by atoms with Crippen LogP contribution in [0.5, 0.6) is 5.75 Å². The first-order chi connectivity index (χ1) is 13.9. The molecule has 0 bridgehead atoms. The Morgan fingerprint density at radius 2 is 2.07 bits per heavy atom. The SMILES string of the molecule is Cc1cccc(-n2nc3c(c2NC(=O)COc2ccc(Cl)cc2Cl)CSC3)c1C. The first-order valence-corrected chi connectivity index (χ1v) is 11.0. The predicted octanol–water partition coefficient (Wildman–Crippen LogP) is 5.56. The fourth-order valence-electron chi connectivity index (χ4n) is 3.18. The Morgan fingerprint density at radius 3 is 2.86 bits per heavy atom. The molecule has 1 aliphatic heterocycles. The number of fused-ring (bicyclic) bond motifs is 1. The van der Waals surface area contributed by atoms with Crippen molar-refractivity contribution < 1.29 is 9.53 Å². The van der Waals surface area contributed by atoms with Crippen LogP contribution >= 0.6 is 35.0 Å². The van der Waals surface area contributed by atoms with E-state index in [1.807, 2.05) is 16.8 Å². The second-order valence-corrected chi connectivity index (χ2v) is 8.64. The number of rotatable bonds is 5. The number of halogens is 2. The Bertz CT molecular complexity index is 1100. The summed E-state index contributed by atoms with van der Waals surface area (Å²) in [5, 5.41) is 8.63. The minimum absolute atomic E-state index is 0.165. The molecule has 29 heavy (non-hydrogen) atoms. The van der Waals surface area contributed by atoms with Gasteiger partial charge in [-0.3, -0.25) is 4.79 Å². The number of hydrogen-bond acceptors (Lipinski definition) is 4. The van der Waals surface area contributed by atoms with Gasteiger partial charge in [0.25, 0.3) is 5.91 Å². The molecule has 1 aromatic heterocycles. The van der Waals surface area contributed by atoms with Gasteiger partial charge < -0.3 is 10.1 Å². The number of anilines is 1. The molecule has 0 saturated heterocycles. The molecule has 1 aliphatic rings. The topological polar surface area (TPSA) is 56.2 Å². The molecule has 2 heterocycles.